The Kier molecular flexibility index (Phi) is 9.88. The molecule has 5 heteroatoms. The van der Waals surface area contributed by atoms with Crippen LogP contribution in [0.1, 0.15) is 50.5 Å². The topological polar surface area (TPSA) is 46.1 Å². The standard InChI is InChI=1S/C29H39N3O2/c1(2-8-20-33-21-9-6-13-25-11-4-3-5-12-25)7-17-30-26-15-16-29-28(23-26)32(19-22-34-29)24-27-14-10-18-31-27/h3-5,11-12,14-16,18,23,30H,1-2,6-10,13,17,19-22,24H2. The van der Waals surface area contributed by atoms with Crippen LogP contribution in [0.5, 0.6) is 5.75 Å². The van der Waals surface area contributed by atoms with E-state index < -0.39 is 0 Å². The predicted octanol–water partition coefficient (Wildman–Crippen LogP) is 6.26. The number of fused-ring (bicyclic) bond motifs is 1. The monoisotopic (exact) mass is 461 g/mol. The zero-order valence-corrected chi connectivity index (χ0v) is 20.4. The SMILES string of the molecule is C1=NC(CN2CCOc3ccc(NCCCCCCOCCCCc4ccccc4)cc32)=CC1. The molecule has 2 aliphatic heterocycles. The molecule has 182 valence electrons. The van der Waals surface area contributed by atoms with Gasteiger partial charge in [-0.3, -0.25) is 4.99 Å². The molecule has 0 saturated heterocycles. The summed E-state index contributed by atoms with van der Waals surface area (Å²) >= 11 is 0. The molecule has 0 radical (unpaired) electrons. The summed E-state index contributed by atoms with van der Waals surface area (Å²) in [5, 5.41) is 3.59. The minimum Gasteiger partial charge on any atom is -0.490 e. The number of benzene rings is 2. The second-order valence-electron chi connectivity index (χ2n) is 9.09. The maximum absolute atomic E-state index is 5.87. The molecule has 0 aromatic heterocycles. The third-order valence-electron chi connectivity index (χ3n) is 6.38. The highest BCUT2D eigenvalue weighted by Crippen LogP contribution is 2.34. The molecule has 2 aliphatic rings. The van der Waals surface area contributed by atoms with E-state index in [0.717, 1.165) is 82.3 Å². The van der Waals surface area contributed by atoms with Crippen molar-refractivity contribution in [2.75, 3.05) is 49.7 Å². The summed E-state index contributed by atoms with van der Waals surface area (Å²) in [5.41, 5.74) is 4.91. The number of hydrogen-bond acceptors (Lipinski definition) is 5. The van der Waals surface area contributed by atoms with E-state index in [1.54, 1.807) is 0 Å². The van der Waals surface area contributed by atoms with Gasteiger partial charge in [0.1, 0.15) is 12.4 Å². The van der Waals surface area contributed by atoms with Gasteiger partial charge in [-0.1, -0.05) is 49.2 Å². The molecule has 5 nitrogen and oxygen atoms in total. The first kappa shape index (κ1) is 24.3. The van der Waals surface area contributed by atoms with Crippen LogP contribution in [0.3, 0.4) is 0 Å². The summed E-state index contributed by atoms with van der Waals surface area (Å²) in [6, 6.07) is 17.1. The average Bonchev–Trinajstić information content (AvgIpc) is 3.39. The van der Waals surface area contributed by atoms with Crippen molar-refractivity contribution in [3.8, 4) is 5.75 Å². The molecule has 0 aliphatic carbocycles. The molecular weight excluding hydrogens is 422 g/mol. The molecular formula is C29H39N3O2. The van der Waals surface area contributed by atoms with Gasteiger partial charge in [-0.25, -0.2) is 0 Å². The minimum atomic E-state index is 0.730. The molecule has 0 saturated carbocycles. The molecule has 2 heterocycles. The Labute approximate surface area is 204 Å². The van der Waals surface area contributed by atoms with E-state index >= 15 is 0 Å². The molecule has 0 unspecified atom stereocenters. The van der Waals surface area contributed by atoms with Gasteiger partial charge in [0.25, 0.3) is 0 Å². The summed E-state index contributed by atoms with van der Waals surface area (Å²) in [6.45, 7) is 5.25. The van der Waals surface area contributed by atoms with Gasteiger partial charge in [-0.05, 0) is 55.9 Å². The van der Waals surface area contributed by atoms with Crippen LogP contribution in [0.25, 0.3) is 0 Å². The summed E-state index contributed by atoms with van der Waals surface area (Å²) < 4.78 is 11.7. The fourth-order valence-electron chi connectivity index (χ4n) is 4.45. The van der Waals surface area contributed by atoms with Gasteiger partial charge in [0.15, 0.2) is 0 Å². The highest BCUT2D eigenvalue weighted by molar-refractivity contribution is 5.69. The highest BCUT2D eigenvalue weighted by Gasteiger charge is 2.19. The molecule has 2 aromatic rings. The fraction of sp³-hybridized carbons (Fsp3) is 0.483. The van der Waals surface area contributed by atoms with E-state index in [2.05, 4.69) is 69.8 Å². The first-order valence-corrected chi connectivity index (χ1v) is 13.0. The van der Waals surface area contributed by atoms with Crippen molar-refractivity contribution in [1.29, 1.82) is 0 Å². The first-order valence-electron chi connectivity index (χ1n) is 13.0. The van der Waals surface area contributed by atoms with Crippen molar-refractivity contribution in [2.45, 2.75) is 51.4 Å². The van der Waals surface area contributed by atoms with Crippen LogP contribution in [0.4, 0.5) is 11.4 Å². The van der Waals surface area contributed by atoms with Crippen molar-refractivity contribution >= 4 is 17.6 Å². The number of hydrogen-bond donors (Lipinski definition) is 1. The molecule has 2 aromatic carbocycles. The van der Waals surface area contributed by atoms with Gasteiger partial charge in [0.2, 0.25) is 0 Å². The number of aryl methyl sites for hydroxylation is 1. The van der Waals surface area contributed by atoms with Gasteiger partial charge in [-0.15, -0.1) is 0 Å². The van der Waals surface area contributed by atoms with E-state index in [9.17, 15) is 0 Å². The van der Waals surface area contributed by atoms with Crippen molar-refractivity contribution in [2.24, 2.45) is 4.99 Å². The number of nitrogens with zero attached hydrogens (tertiary/aromatic N) is 2. The van der Waals surface area contributed by atoms with Gasteiger partial charge < -0.3 is 19.7 Å². The molecule has 0 fully saturated rings. The second kappa shape index (κ2) is 13.8. The van der Waals surface area contributed by atoms with Crippen LogP contribution < -0.4 is 15.0 Å². The normalized spacial score (nSPS) is 14.6. The Hall–Kier alpha value is -2.79. The van der Waals surface area contributed by atoms with E-state index in [4.69, 9.17) is 9.47 Å². The number of unbranched alkanes of at least 4 members (excludes halogenated alkanes) is 4. The zero-order chi connectivity index (χ0) is 23.3. The van der Waals surface area contributed by atoms with Crippen LogP contribution >= 0.6 is 0 Å². The van der Waals surface area contributed by atoms with E-state index in [-0.39, 0.29) is 0 Å². The van der Waals surface area contributed by atoms with E-state index in [1.165, 1.54) is 36.9 Å². The Bertz CT molecular complexity index is 926. The summed E-state index contributed by atoms with van der Waals surface area (Å²) in [4.78, 5) is 6.85. The largest absolute Gasteiger partial charge is 0.490 e. The first-order chi connectivity index (χ1) is 16.9. The molecule has 0 bridgehead atoms. The maximum atomic E-state index is 5.87. The third-order valence-corrected chi connectivity index (χ3v) is 6.38. The van der Waals surface area contributed by atoms with E-state index in [1.807, 2.05) is 6.21 Å². The van der Waals surface area contributed by atoms with Crippen molar-refractivity contribution in [3.63, 3.8) is 0 Å². The lowest BCUT2D eigenvalue weighted by molar-refractivity contribution is 0.126. The Morgan fingerprint density at radius 2 is 1.79 bits per heavy atom. The molecule has 0 atom stereocenters. The van der Waals surface area contributed by atoms with Crippen molar-refractivity contribution < 1.29 is 9.47 Å². The molecule has 0 spiro atoms. The van der Waals surface area contributed by atoms with Crippen LogP contribution in [0.15, 0.2) is 65.3 Å². The molecule has 0 amide bonds. The predicted molar refractivity (Wildman–Crippen MR) is 142 cm³/mol. The van der Waals surface area contributed by atoms with Gasteiger partial charge >= 0.3 is 0 Å². The molecule has 1 N–H and O–H groups in total. The number of ether oxygens (including phenoxy) is 2. The summed E-state index contributed by atoms with van der Waals surface area (Å²) in [5.74, 6) is 0.972. The number of anilines is 2. The van der Waals surface area contributed by atoms with Crippen LogP contribution in [-0.2, 0) is 11.2 Å². The quantitative estimate of drug-likeness (QED) is 0.318. The maximum Gasteiger partial charge on any atom is 0.142 e. The van der Waals surface area contributed by atoms with Gasteiger partial charge in [-0.2, -0.15) is 0 Å². The smallest absolute Gasteiger partial charge is 0.142 e. The van der Waals surface area contributed by atoms with Gasteiger partial charge in [0.05, 0.1) is 24.5 Å². The second-order valence-corrected chi connectivity index (χ2v) is 9.09. The van der Waals surface area contributed by atoms with E-state index in [0.29, 0.717) is 0 Å². The minimum absolute atomic E-state index is 0.730. The molecule has 34 heavy (non-hydrogen) atoms. The Balaban J connectivity index is 1.04. The Morgan fingerprint density at radius 3 is 2.65 bits per heavy atom. The average molecular weight is 462 g/mol. The fourth-order valence-corrected chi connectivity index (χ4v) is 4.45. The van der Waals surface area contributed by atoms with Crippen LogP contribution in [0, 0.1) is 0 Å². The number of nitrogens with one attached hydrogen (secondary N) is 1. The molecule has 4 rings (SSSR count). The lowest BCUT2D eigenvalue weighted by Crippen LogP contribution is -2.34. The summed E-state index contributed by atoms with van der Waals surface area (Å²) in [7, 11) is 0. The Morgan fingerprint density at radius 1 is 0.941 bits per heavy atom. The highest BCUT2D eigenvalue weighted by atomic mass is 16.5. The van der Waals surface area contributed by atoms with Crippen LogP contribution in [0.2, 0.25) is 0 Å². The van der Waals surface area contributed by atoms with Crippen molar-refractivity contribution in [3.05, 3.63) is 65.9 Å². The number of rotatable bonds is 15. The number of aliphatic imine (C=N–C) groups is 1. The lowest BCUT2D eigenvalue weighted by atomic mass is 10.1. The van der Waals surface area contributed by atoms with Crippen molar-refractivity contribution in [1.82, 2.24) is 0 Å². The zero-order valence-electron chi connectivity index (χ0n) is 20.4. The summed E-state index contributed by atoms with van der Waals surface area (Å²) in [6.07, 6.45) is 13.4. The van der Waals surface area contributed by atoms with Crippen LogP contribution in [-0.4, -0.2) is 45.7 Å². The van der Waals surface area contributed by atoms with Gasteiger partial charge in [0, 0.05) is 38.1 Å². The number of allylic oxidation sites excluding steroid dienone is 1. The third kappa shape index (κ3) is 7.91. The lowest BCUT2D eigenvalue weighted by Gasteiger charge is -2.31.